The fraction of sp³-hybridized carbons (Fsp3) is 0.222. The summed E-state index contributed by atoms with van der Waals surface area (Å²) in [6.07, 6.45) is -1.80. The maximum Gasteiger partial charge on any atom is 0.416 e. The Bertz CT molecular complexity index is 964. The van der Waals surface area contributed by atoms with E-state index >= 15 is 0 Å². The van der Waals surface area contributed by atoms with E-state index in [1.165, 1.54) is 24.5 Å². The molecule has 1 amide bonds. The zero-order chi connectivity index (χ0) is 19.6. The lowest BCUT2D eigenvalue weighted by atomic mass is 10.1. The third-order valence-corrected chi connectivity index (χ3v) is 3.74. The summed E-state index contributed by atoms with van der Waals surface area (Å²) in [6.45, 7) is 3.72. The molecule has 2 heterocycles. The van der Waals surface area contributed by atoms with Crippen LogP contribution in [0, 0.1) is 13.8 Å². The van der Waals surface area contributed by atoms with Crippen molar-refractivity contribution in [2.75, 3.05) is 5.32 Å². The monoisotopic (exact) mass is 375 g/mol. The first-order valence-electron chi connectivity index (χ1n) is 8.04. The van der Waals surface area contributed by atoms with Crippen LogP contribution in [0.4, 0.5) is 18.9 Å². The van der Waals surface area contributed by atoms with Crippen molar-refractivity contribution in [3.63, 3.8) is 0 Å². The molecule has 2 aromatic heterocycles. The van der Waals surface area contributed by atoms with Crippen LogP contribution in [-0.2, 0) is 17.4 Å². The Labute approximate surface area is 153 Å². The minimum atomic E-state index is -4.45. The molecule has 0 radical (unpaired) electrons. The summed E-state index contributed by atoms with van der Waals surface area (Å²) >= 11 is 0. The summed E-state index contributed by atoms with van der Waals surface area (Å²) in [4.78, 5) is 20.4. The van der Waals surface area contributed by atoms with Gasteiger partial charge in [-0.15, -0.1) is 0 Å². The molecule has 0 aliphatic rings. The van der Waals surface area contributed by atoms with Crippen molar-refractivity contribution in [2.24, 2.45) is 0 Å². The number of halogens is 3. The Kier molecular flexibility index (Phi) is 4.93. The van der Waals surface area contributed by atoms with Gasteiger partial charge in [0.05, 0.1) is 35.8 Å². The summed E-state index contributed by atoms with van der Waals surface area (Å²) < 4.78 is 39.8. The number of nitrogens with zero attached hydrogens (tertiary/aromatic N) is 4. The molecule has 1 aromatic carbocycles. The van der Waals surface area contributed by atoms with Gasteiger partial charge in [-0.2, -0.15) is 18.3 Å². The first-order chi connectivity index (χ1) is 12.7. The van der Waals surface area contributed by atoms with Gasteiger partial charge in [-0.3, -0.25) is 4.79 Å². The normalized spacial score (nSPS) is 11.4. The van der Waals surface area contributed by atoms with Crippen molar-refractivity contribution < 1.29 is 18.0 Å². The molecule has 0 atom stereocenters. The Hall–Kier alpha value is -3.23. The molecule has 0 spiro atoms. The molecule has 0 unspecified atom stereocenters. The van der Waals surface area contributed by atoms with E-state index in [0.717, 1.165) is 23.5 Å². The summed E-state index contributed by atoms with van der Waals surface area (Å²) in [6, 6.07) is 6.55. The second kappa shape index (κ2) is 7.18. The van der Waals surface area contributed by atoms with Crippen LogP contribution in [0.5, 0.6) is 0 Å². The lowest BCUT2D eigenvalue weighted by molar-refractivity contribution is -0.137. The average molecular weight is 375 g/mol. The second-order valence-electron chi connectivity index (χ2n) is 6.03. The Morgan fingerprint density at radius 1 is 1.15 bits per heavy atom. The van der Waals surface area contributed by atoms with Gasteiger partial charge in [0, 0.05) is 5.69 Å². The topological polar surface area (TPSA) is 72.7 Å². The smallest absolute Gasteiger partial charge is 0.323 e. The van der Waals surface area contributed by atoms with E-state index in [1.54, 1.807) is 4.68 Å². The Morgan fingerprint density at radius 3 is 2.44 bits per heavy atom. The quantitative estimate of drug-likeness (QED) is 0.758. The minimum Gasteiger partial charge on any atom is -0.323 e. The highest BCUT2D eigenvalue weighted by Crippen LogP contribution is 2.29. The average Bonchev–Trinajstić information content (AvgIpc) is 2.93. The van der Waals surface area contributed by atoms with Crippen molar-refractivity contribution in [3.8, 4) is 5.95 Å². The van der Waals surface area contributed by atoms with Gasteiger partial charge in [0.2, 0.25) is 5.91 Å². The van der Waals surface area contributed by atoms with E-state index in [1.807, 2.05) is 19.9 Å². The summed E-state index contributed by atoms with van der Waals surface area (Å²) in [5.74, 6) is -0.103. The predicted molar refractivity (Wildman–Crippen MR) is 92.4 cm³/mol. The van der Waals surface area contributed by atoms with Gasteiger partial charge in [-0.05, 0) is 31.5 Å². The predicted octanol–water partition coefficient (Wildman–Crippen LogP) is 3.48. The number of benzene rings is 1. The third kappa shape index (κ3) is 4.49. The van der Waals surface area contributed by atoms with E-state index in [-0.39, 0.29) is 12.0 Å². The maximum atomic E-state index is 12.7. The molecule has 0 aliphatic heterocycles. The number of amides is 1. The number of carbonyl (C=O) groups is 1. The van der Waals surface area contributed by atoms with E-state index < -0.39 is 17.6 Å². The molecule has 27 heavy (non-hydrogen) atoms. The van der Waals surface area contributed by atoms with Crippen LogP contribution in [0.1, 0.15) is 22.5 Å². The van der Waals surface area contributed by atoms with Crippen molar-refractivity contribution in [1.82, 2.24) is 19.7 Å². The van der Waals surface area contributed by atoms with Crippen LogP contribution in [0.2, 0.25) is 0 Å². The maximum absolute atomic E-state index is 12.7. The highest BCUT2D eigenvalue weighted by atomic mass is 19.4. The summed E-state index contributed by atoms with van der Waals surface area (Å²) in [5, 5.41) is 6.84. The Morgan fingerprint density at radius 2 is 1.85 bits per heavy atom. The molecular weight excluding hydrogens is 359 g/mol. The van der Waals surface area contributed by atoms with Gasteiger partial charge < -0.3 is 5.32 Å². The molecule has 6 nitrogen and oxygen atoms in total. The van der Waals surface area contributed by atoms with E-state index in [9.17, 15) is 18.0 Å². The number of aryl methyl sites for hydroxylation is 2. The Balaban J connectivity index is 1.67. The highest BCUT2D eigenvalue weighted by Gasteiger charge is 2.30. The number of hydrogen-bond acceptors (Lipinski definition) is 4. The van der Waals surface area contributed by atoms with Gasteiger partial charge in [0.25, 0.3) is 5.95 Å². The number of alkyl halides is 3. The molecular formula is C18H16F3N5O. The summed E-state index contributed by atoms with van der Waals surface area (Å²) in [5.41, 5.74) is 1.52. The van der Waals surface area contributed by atoms with Gasteiger partial charge in [0.1, 0.15) is 0 Å². The SMILES string of the molecule is Cc1cc(C)n(-c2ncc(NC(=O)Cc3cccc(C(F)(F)F)c3)cn2)n1. The molecule has 0 saturated heterocycles. The molecule has 3 aromatic rings. The molecule has 0 saturated carbocycles. The van der Waals surface area contributed by atoms with E-state index in [0.29, 0.717) is 11.6 Å². The zero-order valence-electron chi connectivity index (χ0n) is 14.6. The van der Waals surface area contributed by atoms with Crippen molar-refractivity contribution in [3.05, 3.63) is 65.2 Å². The minimum absolute atomic E-state index is 0.191. The van der Waals surface area contributed by atoms with Crippen molar-refractivity contribution in [1.29, 1.82) is 0 Å². The van der Waals surface area contributed by atoms with E-state index in [4.69, 9.17) is 0 Å². The summed E-state index contributed by atoms with van der Waals surface area (Å²) in [7, 11) is 0. The largest absolute Gasteiger partial charge is 0.416 e. The van der Waals surface area contributed by atoms with Crippen molar-refractivity contribution in [2.45, 2.75) is 26.4 Å². The zero-order valence-corrected chi connectivity index (χ0v) is 14.6. The van der Waals surface area contributed by atoms with Gasteiger partial charge >= 0.3 is 6.18 Å². The molecule has 0 fully saturated rings. The van der Waals surface area contributed by atoms with Gasteiger partial charge in [-0.1, -0.05) is 18.2 Å². The van der Waals surface area contributed by atoms with Crippen LogP contribution in [-0.4, -0.2) is 25.7 Å². The van der Waals surface area contributed by atoms with Crippen LogP contribution < -0.4 is 5.32 Å². The molecule has 140 valence electrons. The van der Waals surface area contributed by atoms with Gasteiger partial charge in [-0.25, -0.2) is 14.6 Å². The number of anilines is 1. The first-order valence-corrected chi connectivity index (χ1v) is 8.04. The number of rotatable bonds is 4. The number of carbonyl (C=O) groups excluding carboxylic acids is 1. The van der Waals surface area contributed by atoms with Crippen LogP contribution in [0.15, 0.2) is 42.7 Å². The number of aromatic nitrogens is 4. The molecule has 0 bridgehead atoms. The van der Waals surface area contributed by atoms with Crippen LogP contribution in [0.25, 0.3) is 5.95 Å². The standard InChI is InChI=1S/C18H16F3N5O/c1-11-6-12(2)26(25-11)17-22-9-15(10-23-17)24-16(27)8-13-4-3-5-14(7-13)18(19,20)21/h3-7,9-10H,8H2,1-2H3,(H,24,27). The fourth-order valence-electron chi connectivity index (χ4n) is 2.57. The van der Waals surface area contributed by atoms with Crippen LogP contribution >= 0.6 is 0 Å². The lowest BCUT2D eigenvalue weighted by Gasteiger charge is -2.09. The number of hydrogen-bond donors (Lipinski definition) is 1. The van der Waals surface area contributed by atoms with Crippen LogP contribution in [0.3, 0.4) is 0 Å². The molecule has 9 heteroatoms. The lowest BCUT2D eigenvalue weighted by Crippen LogP contribution is -2.16. The molecule has 3 rings (SSSR count). The fourth-order valence-corrected chi connectivity index (χ4v) is 2.57. The van der Waals surface area contributed by atoms with Gasteiger partial charge in [0.15, 0.2) is 0 Å². The highest BCUT2D eigenvalue weighted by molar-refractivity contribution is 5.91. The van der Waals surface area contributed by atoms with E-state index in [2.05, 4.69) is 20.4 Å². The van der Waals surface area contributed by atoms with Crippen molar-refractivity contribution >= 4 is 11.6 Å². The first kappa shape index (κ1) is 18.6. The third-order valence-electron chi connectivity index (χ3n) is 3.74. The molecule has 1 N–H and O–H groups in total. The number of nitrogens with one attached hydrogen (secondary N) is 1. The second-order valence-corrected chi connectivity index (χ2v) is 6.03. The molecule has 0 aliphatic carbocycles.